The van der Waals surface area contributed by atoms with Crippen molar-refractivity contribution in [3.05, 3.63) is 29.3 Å². The van der Waals surface area contributed by atoms with Gasteiger partial charge in [0.25, 0.3) is 0 Å². The van der Waals surface area contributed by atoms with Crippen molar-refractivity contribution < 1.29 is 0 Å². The maximum atomic E-state index is 4.09. The molecule has 1 aromatic rings. The van der Waals surface area contributed by atoms with Gasteiger partial charge in [-0.1, -0.05) is 0 Å². The van der Waals surface area contributed by atoms with Gasteiger partial charge in [0.1, 0.15) is 0 Å². The fourth-order valence-electron chi connectivity index (χ4n) is 1.82. The molecule has 0 nitrogen and oxygen atoms in total. The summed E-state index contributed by atoms with van der Waals surface area (Å²) in [5.74, 6) is 0. The van der Waals surface area contributed by atoms with E-state index in [-0.39, 0.29) is 0 Å². The van der Waals surface area contributed by atoms with Crippen molar-refractivity contribution in [2.75, 3.05) is 0 Å². The van der Waals surface area contributed by atoms with E-state index in [1.807, 2.05) is 0 Å². The fraction of sp³-hybridized carbons (Fsp3) is 0.364. The standard InChI is InChI=1S/C10H11.CH2.Bi/c1-2-6-10-8-4-3-7-9(10)5-1;;/h1,5-6H,3-4,7-8H2;1H2;. The van der Waals surface area contributed by atoms with Crippen molar-refractivity contribution in [1.29, 1.82) is 0 Å². The quantitative estimate of drug-likeness (QED) is 0.668. The van der Waals surface area contributed by atoms with E-state index in [1.54, 1.807) is 14.4 Å². The third kappa shape index (κ3) is 1.66. The van der Waals surface area contributed by atoms with Gasteiger partial charge in [0.2, 0.25) is 0 Å². The van der Waals surface area contributed by atoms with E-state index in [1.165, 1.54) is 25.7 Å². The van der Waals surface area contributed by atoms with Crippen LogP contribution in [-0.4, -0.2) is 27.0 Å². The molecule has 0 saturated heterocycles. The molecule has 0 fully saturated rings. The number of hydrogen-bond donors (Lipinski definition) is 0. The summed E-state index contributed by atoms with van der Waals surface area (Å²) >= 11 is -0.523. The molecular formula is C11H13Bi. The zero-order valence-corrected chi connectivity index (χ0v) is 10.7. The van der Waals surface area contributed by atoms with Crippen molar-refractivity contribution in [1.82, 2.24) is 0 Å². The van der Waals surface area contributed by atoms with Gasteiger partial charge in [-0.2, -0.15) is 0 Å². The van der Waals surface area contributed by atoms with Crippen LogP contribution in [0.2, 0.25) is 0 Å². The Labute approximate surface area is 85.0 Å². The van der Waals surface area contributed by atoms with E-state index in [2.05, 4.69) is 22.4 Å². The van der Waals surface area contributed by atoms with E-state index in [9.17, 15) is 0 Å². The molecule has 62 valence electrons. The van der Waals surface area contributed by atoms with Crippen LogP contribution in [0.25, 0.3) is 0 Å². The Morgan fingerprint density at radius 3 is 2.58 bits per heavy atom. The Kier molecular flexibility index (Phi) is 2.70. The van der Waals surface area contributed by atoms with Gasteiger partial charge in [-0.25, -0.2) is 0 Å². The van der Waals surface area contributed by atoms with Crippen molar-refractivity contribution in [2.45, 2.75) is 25.7 Å². The van der Waals surface area contributed by atoms with E-state index < -0.39 is 22.8 Å². The zero-order valence-electron chi connectivity index (χ0n) is 7.21. The first kappa shape index (κ1) is 8.57. The van der Waals surface area contributed by atoms with Crippen LogP contribution in [0.4, 0.5) is 0 Å². The molecule has 1 aliphatic carbocycles. The summed E-state index contributed by atoms with van der Waals surface area (Å²) in [6.45, 7) is 0. The monoisotopic (exact) mass is 354 g/mol. The van der Waals surface area contributed by atoms with Gasteiger partial charge < -0.3 is 0 Å². The second-order valence-corrected chi connectivity index (χ2v) is 6.56. The molecule has 0 N–H and O–H groups in total. The van der Waals surface area contributed by atoms with Crippen LogP contribution >= 0.6 is 0 Å². The van der Waals surface area contributed by atoms with Gasteiger partial charge in [0.05, 0.1) is 0 Å². The van der Waals surface area contributed by atoms with Gasteiger partial charge in [-0.05, 0) is 0 Å². The Hall–Kier alpha value is -0.0269. The number of benzene rings is 1. The molecule has 0 radical (unpaired) electrons. The van der Waals surface area contributed by atoms with Crippen molar-refractivity contribution in [2.24, 2.45) is 0 Å². The fourth-order valence-corrected chi connectivity index (χ4v) is 3.48. The second kappa shape index (κ2) is 3.79. The summed E-state index contributed by atoms with van der Waals surface area (Å²) in [6, 6.07) is 7.05. The Balaban J connectivity index is 2.42. The molecule has 12 heavy (non-hydrogen) atoms. The van der Waals surface area contributed by atoms with Crippen molar-refractivity contribution in [3.8, 4) is 0 Å². The summed E-state index contributed by atoms with van der Waals surface area (Å²) in [4.78, 5) is 0. The third-order valence-electron chi connectivity index (χ3n) is 2.51. The van der Waals surface area contributed by atoms with Crippen LogP contribution in [0.5, 0.6) is 0 Å². The molecule has 0 aromatic heterocycles. The van der Waals surface area contributed by atoms with Crippen molar-refractivity contribution in [3.63, 3.8) is 0 Å². The predicted octanol–water partition coefficient (Wildman–Crippen LogP) is 1.33. The number of fused-ring (bicyclic) bond motifs is 1. The molecule has 1 aromatic carbocycles. The van der Waals surface area contributed by atoms with Crippen molar-refractivity contribution >= 4 is 30.2 Å². The van der Waals surface area contributed by atoms with Gasteiger partial charge in [0, 0.05) is 0 Å². The summed E-state index contributed by atoms with van der Waals surface area (Å²) in [5, 5.41) is 0. The van der Waals surface area contributed by atoms with E-state index >= 15 is 0 Å². The molecule has 0 aliphatic heterocycles. The first-order chi connectivity index (χ1) is 5.90. The van der Waals surface area contributed by atoms with Crippen LogP contribution in [0.15, 0.2) is 18.2 Å². The second-order valence-electron chi connectivity index (χ2n) is 3.32. The van der Waals surface area contributed by atoms with Crippen LogP contribution in [0.3, 0.4) is 0 Å². The molecule has 0 spiro atoms. The molecule has 0 amide bonds. The molecule has 1 heteroatoms. The van der Waals surface area contributed by atoms with Crippen LogP contribution in [0.1, 0.15) is 24.0 Å². The molecule has 1 aliphatic rings. The first-order valence-electron chi connectivity index (χ1n) is 4.48. The Morgan fingerprint density at radius 2 is 1.83 bits per heavy atom. The van der Waals surface area contributed by atoms with Crippen LogP contribution in [0, 0.1) is 0 Å². The molecule has 0 atom stereocenters. The molecule has 0 heterocycles. The Morgan fingerprint density at radius 1 is 1.08 bits per heavy atom. The normalized spacial score (nSPS) is 15.3. The van der Waals surface area contributed by atoms with Gasteiger partial charge in [-0.3, -0.25) is 0 Å². The minimum absolute atomic E-state index is 0.523. The molecular weight excluding hydrogens is 341 g/mol. The number of aryl methyl sites for hydroxylation is 2. The number of hydrogen-bond acceptors (Lipinski definition) is 0. The predicted molar refractivity (Wildman–Crippen MR) is 55.6 cm³/mol. The van der Waals surface area contributed by atoms with Gasteiger partial charge in [-0.15, -0.1) is 0 Å². The topological polar surface area (TPSA) is 0 Å². The summed E-state index contributed by atoms with van der Waals surface area (Å²) in [5.41, 5.74) is 3.21. The molecule has 0 unspecified atom stereocenters. The van der Waals surface area contributed by atoms with Gasteiger partial charge >= 0.3 is 85.2 Å². The maximum absolute atomic E-state index is 4.09. The summed E-state index contributed by atoms with van der Waals surface area (Å²) < 4.78 is 5.65. The van der Waals surface area contributed by atoms with Crippen LogP contribution < -0.4 is 3.27 Å². The summed E-state index contributed by atoms with van der Waals surface area (Å²) in [6.07, 6.45) is 5.39. The SMILES string of the molecule is [CH2]=[Bi][c]1ccc2c(c1)CCCC2. The number of rotatable bonds is 1. The molecule has 0 saturated carbocycles. The average Bonchev–Trinajstić information content (AvgIpc) is 2.17. The average molecular weight is 354 g/mol. The van der Waals surface area contributed by atoms with E-state index in [0.29, 0.717) is 0 Å². The summed E-state index contributed by atoms with van der Waals surface area (Å²) in [7, 11) is 0. The first-order valence-corrected chi connectivity index (χ1v) is 8.68. The molecule has 2 rings (SSSR count). The minimum atomic E-state index is -0.523. The zero-order chi connectivity index (χ0) is 8.39. The van der Waals surface area contributed by atoms with E-state index in [4.69, 9.17) is 0 Å². The third-order valence-corrected chi connectivity index (χ3v) is 5.02. The molecule has 0 bridgehead atoms. The van der Waals surface area contributed by atoms with E-state index in [0.717, 1.165) is 0 Å². The van der Waals surface area contributed by atoms with Gasteiger partial charge in [0.15, 0.2) is 0 Å². The van der Waals surface area contributed by atoms with Crippen LogP contribution in [-0.2, 0) is 12.8 Å². The Bertz CT molecular complexity index is 302.